The highest BCUT2D eigenvalue weighted by Gasteiger charge is 2.32. The number of hydrogen-bond acceptors (Lipinski definition) is 4. The number of carbonyl (C=O) groups excluding carboxylic acids is 2. The molecular formula is C19H35N3O3. The van der Waals surface area contributed by atoms with Crippen LogP contribution < -0.4 is 5.32 Å². The van der Waals surface area contributed by atoms with E-state index in [1.807, 2.05) is 25.7 Å². The second-order valence-corrected chi connectivity index (χ2v) is 8.49. The Morgan fingerprint density at radius 2 is 1.76 bits per heavy atom. The summed E-state index contributed by atoms with van der Waals surface area (Å²) in [7, 11) is 0. The van der Waals surface area contributed by atoms with E-state index in [0.717, 1.165) is 52.1 Å². The number of hydrogen-bond donors (Lipinski definition) is 1. The Bertz CT molecular complexity index is 453. The monoisotopic (exact) mass is 353 g/mol. The van der Waals surface area contributed by atoms with E-state index in [9.17, 15) is 9.59 Å². The average molecular weight is 354 g/mol. The van der Waals surface area contributed by atoms with Crippen molar-refractivity contribution >= 4 is 12.0 Å². The minimum Gasteiger partial charge on any atom is -0.444 e. The van der Waals surface area contributed by atoms with Crippen molar-refractivity contribution < 1.29 is 14.3 Å². The van der Waals surface area contributed by atoms with Gasteiger partial charge in [-0.2, -0.15) is 0 Å². The molecule has 0 unspecified atom stereocenters. The first-order valence-corrected chi connectivity index (χ1v) is 9.69. The smallest absolute Gasteiger partial charge is 0.410 e. The van der Waals surface area contributed by atoms with Crippen molar-refractivity contribution in [2.24, 2.45) is 11.8 Å². The fourth-order valence-corrected chi connectivity index (χ4v) is 3.95. The molecule has 2 rings (SSSR count). The number of ether oxygens (including phenoxy) is 1. The van der Waals surface area contributed by atoms with Crippen molar-refractivity contribution in [2.45, 2.75) is 59.0 Å². The Balaban J connectivity index is 1.74. The third kappa shape index (κ3) is 6.84. The van der Waals surface area contributed by atoms with Crippen LogP contribution in [0.25, 0.3) is 0 Å². The molecule has 0 aromatic carbocycles. The van der Waals surface area contributed by atoms with E-state index in [0.29, 0.717) is 11.8 Å². The Kier molecular flexibility index (Phi) is 7.11. The number of likely N-dealkylation sites (tertiary alicyclic amines) is 2. The van der Waals surface area contributed by atoms with Gasteiger partial charge in [0.2, 0.25) is 5.91 Å². The summed E-state index contributed by atoms with van der Waals surface area (Å²) < 4.78 is 5.48. The molecule has 2 fully saturated rings. The minimum absolute atomic E-state index is 0.0445. The Labute approximate surface area is 152 Å². The maximum absolute atomic E-state index is 12.2. The van der Waals surface area contributed by atoms with E-state index in [-0.39, 0.29) is 12.0 Å². The van der Waals surface area contributed by atoms with E-state index in [4.69, 9.17) is 4.74 Å². The van der Waals surface area contributed by atoms with Gasteiger partial charge in [-0.3, -0.25) is 4.79 Å². The van der Waals surface area contributed by atoms with Crippen LogP contribution in [0, 0.1) is 11.8 Å². The molecule has 2 amide bonds. The van der Waals surface area contributed by atoms with Crippen molar-refractivity contribution in [3.05, 3.63) is 0 Å². The first-order valence-electron chi connectivity index (χ1n) is 9.69. The van der Waals surface area contributed by atoms with Crippen molar-refractivity contribution in [3.63, 3.8) is 0 Å². The lowest BCUT2D eigenvalue weighted by molar-refractivity contribution is -0.119. The highest BCUT2D eigenvalue weighted by molar-refractivity contribution is 5.72. The number of nitrogens with one attached hydrogen (secondary N) is 1. The number of amides is 2. The molecule has 1 N–H and O–H groups in total. The van der Waals surface area contributed by atoms with Gasteiger partial charge in [0.15, 0.2) is 0 Å². The molecule has 25 heavy (non-hydrogen) atoms. The number of piperidine rings is 2. The third-order valence-electron chi connectivity index (χ3n) is 5.20. The summed E-state index contributed by atoms with van der Waals surface area (Å²) in [5, 5.41) is 2.89. The van der Waals surface area contributed by atoms with Gasteiger partial charge in [-0.15, -0.1) is 0 Å². The van der Waals surface area contributed by atoms with E-state index in [1.165, 1.54) is 12.8 Å². The molecule has 2 saturated heterocycles. The maximum Gasteiger partial charge on any atom is 0.410 e. The Morgan fingerprint density at radius 1 is 1.08 bits per heavy atom. The first kappa shape index (κ1) is 20.0. The molecule has 0 aromatic heterocycles. The molecule has 144 valence electrons. The summed E-state index contributed by atoms with van der Waals surface area (Å²) in [6, 6.07) is 0. The van der Waals surface area contributed by atoms with Gasteiger partial charge in [0.05, 0.1) is 0 Å². The van der Waals surface area contributed by atoms with Crippen LogP contribution in [0.4, 0.5) is 4.79 Å². The summed E-state index contributed by atoms with van der Waals surface area (Å²) in [6.45, 7) is 12.8. The fraction of sp³-hybridized carbons (Fsp3) is 0.895. The van der Waals surface area contributed by atoms with Crippen LogP contribution in [0.3, 0.4) is 0 Å². The van der Waals surface area contributed by atoms with Gasteiger partial charge in [-0.05, 0) is 64.8 Å². The first-order chi connectivity index (χ1) is 11.7. The summed E-state index contributed by atoms with van der Waals surface area (Å²) >= 11 is 0. The van der Waals surface area contributed by atoms with Gasteiger partial charge in [-0.25, -0.2) is 4.79 Å². The zero-order chi connectivity index (χ0) is 18.4. The molecule has 2 aliphatic heterocycles. The van der Waals surface area contributed by atoms with Gasteiger partial charge in [0, 0.05) is 39.6 Å². The lowest BCUT2D eigenvalue weighted by Gasteiger charge is -2.41. The molecule has 0 aliphatic carbocycles. The van der Waals surface area contributed by atoms with E-state index >= 15 is 0 Å². The van der Waals surface area contributed by atoms with Gasteiger partial charge in [-0.1, -0.05) is 0 Å². The molecule has 6 nitrogen and oxygen atoms in total. The van der Waals surface area contributed by atoms with Crippen molar-refractivity contribution in [1.82, 2.24) is 15.1 Å². The van der Waals surface area contributed by atoms with Crippen LogP contribution in [-0.4, -0.2) is 66.7 Å². The van der Waals surface area contributed by atoms with Gasteiger partial charge in [0.1, 0.15) is 5.60 Å². The van der Waals surface area contributed by atoms with Crippen LogP contribution in [0.2, 0.25) is 0 Å². The second kappa shape index (κ2) is 8.88. The van der Waals surface area contributed by atoms with Crippen LogP contribution in [0.5, 0.6) is 0 Å². The van der Waals surface area contributed by atoms with Crippen molar-refractivity contribution in [3.8, 4) is 0 Å². The topological polar surface area (TPSA) is 61.9 Å². The largest absolute Gasteiger partial charge is 0.444 e. The third-order valence-corrected chi connectivity index (χ3v) is 5.20. The van der Waals surface area contributed by atoms with Crippen molar-refractivity contribution in [2.75, 3.05) is 39.3 Å². The number of nitrogens with zero attached hydrogens (tertiary/aromatic N) is 2. The average Bonchev–Trinajstić information content (AvgIpc) is 2.53. The van der Waals surface area contributed by atoms with Crippen LogP contribution in [-0.2, 0) is 9.53 Å². The summed E-state index contributed by atoms with van der Waals surface area (Å²) in [4.78, 5) is 27.5. The molecule has 0 saturated carbocycles. The van der Waals surface area contributed by atoms with E-state index < -0.39 is 5.60 Å². The Morgan fingerprint density at radius 3 is 2.36 bits per heavy atom. The molecule has 0 aromatic rings. The lowest BCUT2D eigenvalue weighted by Crippen LogP contribution is -2.46. The highest BCUT2D eigenvalue weighted by atomic mass is 16.6. The minimum atomic E-state index is -0.425. The molecule has 0 radical (unpaired) electrons. The molecule has 2 heterocycles. The number of carbonyl (C=O) groups is 2. The standard InChI is InChI=1S/C19H35N3O3/c1-15(23)20-9-13-21-10-5-6-17(14-21)16-7-11-22(12-8-16)18(24)25-19(2,3)4/h16-17H,5-14H2,1-4H3,(H,20,23)/t17-/m0/s1. The maximum atomic E-state index is 12.2. The Hall–Kier alpha value is -1.30. The summed E-state index contributed by atoms with van der Waals surface area (Å²) in [5.74, 6) is 1.46. The lowest BCUT2D eigenvalue weighted by atomic mass is 9.80. The molecule has 2 aliphatic rings. The second-order valence-electron chi connectivity index (χ2n) is 8.49. The predicted molar refractivity (Wildman–Crippen MR) is 98.4 cm³/mol. The molecule has 1 atom stereocenters. The molecule has 6 heteroatoms. The quantitative estimate of drug-likeness (QED) is 0.843. The van der Waals surface area contributed by atoms with E-state index in [1.54, 1.807) is 6.92 Å². The zero-order valence-electron chi connectivity index (χ0n) is 16.3. The molecular weight excluding hydrogens is 318 g/mol. The van der Waals surface area contributed by atoms with Crippen molar-refractivity contribution in [1.29, 1.82) is 0 Å². The van der Waals surface area contributed by atoms with E-state index in [2.05, 4.69) is 10.2 Å². The highest BCUT2D eigenvalue weighted by Crippen LogP contribution is 2.31. The zero-order valence-corrected chi connectivity index (χ0v) is 16.3. The van der Waals surface area contributed by atoms with Crippen LogP contribution in [0.1, 0.15) is 53.4 Å². The summed E-state index contributed by atoms with van der Waals surface area (Å²) in [6.07, 6.45) is 4.49. The van der Waals surface area contributed by atoms with Crippen LogP contribution >= 0.6 is 0 Å². The predicted octanol–water partition coefficient (Wildman–Crippen LogP) is 2.48. The fourth-order valence-electron chi connectivity index (χ4n) is 3.95. The van der Waals surface area contributed by atoms with Gasteiger partial charge >= 0.3 is 6.09 Å². The normalized spacial score (nSPS) is 23.4. The van der Waals surface area contributed by atoms with Gasteiger partial charge in [0.25, 0.3) is 0 Å². The summed E-state index contributed by atoms with van der Waals surface area (Å²) in [5.41, 5.74) is -0.425. The van der Waals surface area contributed by atoms with Gasteiger partial charge < -0.3 is 19.9 Å². The number of rotatable bonds is 4. The molecule has 0 spiro atoms. The SMILES string of the molecule is CC(=O)NCCN1CCC[C@H](C2CCN(C(=O)OC(C)(C)C)CC2)C1. The van der Waals surface area contributed by atoms with Crippen LogP contribution in [0.15, 0.2) is 0 Å². The molecule has 0 bridgehead atoms.